The van der Waals surface area contributed by atoms with E-state index in [4.69, 9.17) is 0 Å². The molecule has 5 heteroatoms. The number of nitrogens with one attached hydrogen (secondary N) is 1. The molecule has 0 spiro atoms. The molecule has 19 heavy (non-hydrogen) atoms. The Morgan fingerprint density at radius 3 is 2.74 bits per heavy atom. The van der Waals surface area contributed by atoms with E-state index in [0.29, 0.717) is 5.56 Å². The molecule has 0 bridgehead atoms. The second-order valence-corrected chi connectivity index (χ2v) is 5.24. The average Bonchev–Trinajstić information content (AvgIpc) is 2.92. The number of rotatable bonds is 4. The Morgan fingerprint density at radius 2 is 2.11 bits per heavy atom. The van der Waals surface area contributed by atoms with Gasteiger partial charge in [0.2, 0.25) is 0 Å². The van der Waals surface area contributed by atoms with Crippen LogP contribution in [0, 0.1) is 0 Å². The van der Waals surface area contributed by atoms with Crippen molar-refractivity contribution in [2.75, 3.05) is 19.4 Å². The van der Waals surface area contributed by atoms with E-state index in [2.05, 4.69) is 10.3 Å². The van der Waals surface area contributed by atoms with Gasteiger partial charge in [0.05, 0.1) is 22.8 Å². The first kappa shape index (κ1) is 13.5. The van der Waals surface area contributed by atoms with Crippen molar-refractivity contribution < 1.29 is 4.79 Å². The Balaban J connectivity index is 2.23. The number of para-hydroxylation sites is 1. The number of amides is 1. The normalized spacial score (nSPS) is 11.9. The smallest absolute Gasteiger partial charge is 0.255 e. The minimum atomic E-state index is -0.00595. The second kappa shape index (κ2) is 5.84. The summed E-state index contributed by atoms with van der Waals surface area (Å²) >= 11 is 1.57. The van der Waals surface area contributed by atoms with Crippen molar-refractivity contribution in [1.29, 1.82) is 0 Å². The number of carbonyl (C=O) groups is 1. The molecule has 1 unspecified atom stereocenters. The second-order valence-electron chi connectivity index (χ2n) is 4.52. The van der Waals surface area contributed by atoms with E-state index < -0.39 is 0 Å². The van der Waals surface area contributed by atoms with Crippen molar-refractivity contribution in [1.82, 2.24) is 9.88 Å². The van der Waals surface area contributed by atoms with Crippen molar-refractivity contribution in [3.8, 4) is 0 Å². The predicted molar refractivity (Wildman–Crippen MR) is 78.6 cm³/mol. The van der Waals surface area contributed by atoms with E-state index in [1.54, 1.807) is 30.3 Å². The minimum Gasteiger partial charge on any atom is -0.376 e. The number of hydrogen-bond donors (Lipinski definition) is 1. The number of anilines is 1. The largest absolute Gasteiger partial charge is 0.376 e. The van der Waals surface area contributed by atoms with Crippen molar-refractivity contribution in [2.45, 2.75) is 13.0 Å². The SMILES string of the molecule is CC(Nc1ccccc1C(=O)N(C)C)c1cscn1. The van der Waals surface area contributed by atoms with Crippen molar-refractivity contribution in [3.05, 3.63) is 46.4 Å². The summed E-state index contributed by atoms with van der Waals surface area (Å²) in [5.74, 6) is -0.00595. The Morgan fingerprint density at radius 1 is 1.37 bits per heavy atom. The molecule has 1 atom stereocenters. The van der Waals surface area contributed by atoms with Crippen molar-refractivity contribution in [2.24, 2.45) is 0 Å². The summed E-state index contributed by atoms with van der Waals surface area (Å²) in [4.78, 5) is 18.0. The van der Waals surface area contributed by atoms with Gasteiger partial charge in [0.1, 0.15) is 0 Å². The first-order chi connectivity index (χ1) is 9.09. The third-order valence-corrected chi connectivity index (χ3v) is 3.44. The van der Waals surface area contributed by atoms with Crippen LogP contribution in [-0.4, -0.2) is 29.9 Å². The van der Waals surface area contributed by atoms with Gasteiger partial charge in [0.15, 0.2) is 0 Å². The lowest BCUT2D eigenvalue weighted by atomic mass is 10.1. The molecule has 0 aliphatic rings. The highest BCUT2D eigenvalue weighted by atomic mass is 32.1. The predicted octanol–water partition coefficient (Wildman–Crippen LogP) is 3.02. The molecule has 1 amide bonds. The summed E-state index contributed by atoms with van der Waals surface area (Å²) in [5, 5.41) is 5.35. The number of aromatic nitrogens is 1. The molecule has 4 nitrogen and oxygen atoms in total. The minimum absolute atomic E-state index is 0.00595. The van der Waals surface area contributed by atoms with E-state index in [9.17, 15) is 4.79 Å². The highest BCUT2D eigenvalue weighted by Gasteiger charge is 2.15. The monoisotopic (exact) mass is 275 g/mol. The van der Waals surface area contributed by atoms with Gasteiger partial charge in [-0.25, -0.2) is 4.98 Å². The van der Waals surface area contributed by atoms with Gasteiger partial charge in [0.25, 0.3) is 5.91 Å². The summed E-state index contributed by atoms with van der Waals surface area (Å²) in [6.45, 7) is 2.03. The van der Waals surface area contributed by atoms with Crippen molar-refractivity contribution >= 4 is 22.9 Å². The topological polar surface area (TPSA) is 45.2 Å². The lowest BCUT2D eigenvalue weighted by molar-refractivity contribution is 0.0828. The summed E-state index contributed by atoms with van der Waals surface area (Å²) in [5.41, 5.74) is 4.30. The van der Waals surface area contributed by atoms with Crippen LogP contribution in [0.5, 0.6) is 0 Å². The summed E-state index contributed by atoms with van der Waals surface area (Å²) in [7, 11) is 3.51. The fourth-order valence-electron chi connectivity index (χ4n) is 1.78. The highest BCUT2D eigenvalue weighted by Crippen LogP contribution is 2.23. The van der Waals surface area contributed by atoms with Crippen molar-refractivity contribution in [3.63, 3.8) is 0 Å². The van der Waals surface area contributed by atoms with Crippen LogP contribution in [-0.2, 0) is 0 Å². The first-order valence-electron chi connectivity index (χ1n) is 6.05. The van der Waals surface area contributed by atoms with Gasteiger partial charge in [-0.2, -0.15) is 0 Å². The Hall–Kier alpha value is -1.88. The number of carbonyl (C=O) groups excluding carboxylic acids is 1. The quantitative estimate of drug-likeness (QED) is 0.933. The molecule has 0 saturated carbocycles. The van der Waals surface area contributed by atoms with Crippen LogP contribution >= 0.6 is 11.3 Å². The van der Waals surface area contributed by atoms with Gasteiger partial charge in [-0.3, -0.25) is 4.79 Å². The van der Waals surface area contributed by atoms with E-state index in [0.717, 1.165) is 11.4 Å². The van der Waals surface area contributed by atoms with Crippen LogP contribution in [0.1, 0.15) is 29.0 Å². The fraction of sp³-hybridized carbons (Fsp3) is 0.286. The molecule has 0 aliphatic heterocycles. The van der Waals surface area contributed by atoms with Gasteiger partial charge >= 0.3 is 0 Å². The maximum absolute atomic E-state index is 12.1. The molecular formula is C14H17N3OS. The van der Waals surface area contributed by atoms with Gasteiger partial charge in [0, 0.05) is 25.2 Å². The Bertz CT molecular complexity index is 552. The van der Waals surface area contributed by atoms with Gasteiger partial charge in [-0.15, -0.1) is 11.3 Å². The third-order valence-electron chi connectivity index (χ3n) is 2.83. The van der Waals surface area contributed by atoms with Gasteiger partial charge in [-0.1, -0.05) is 12.1 Å². The number of nitrogens with zero attached hydrogens (tertiary/aromatic N) is 2. The Labute approximate surface area is 117 Å². The molecule has 0 radical (unpaired) electrons. The van der Waals surface area contributed by atoms with E-state index in [1.807, 2.05) is 42.1 Å². The summed E-state index contributed by atoms with van der Waals surface area (Å²) < 4.78 is 0. The lowest BCUT2D eigenvalue weighted by Crippen LogP contribution is -2.23. The molecule has 1 N–H and O–H groups in total. The molecule has 1 aromatic carbocycles. The summed E-state index contributed by atoms with van der Waals surface area (Å²) in [6.07, 6.45) is 0. The average molecular weight is 275 g/mol. The number of thiazole rings is 1. The number of hydrogen-bond acceptors (Lipinski definition) is 4. The van der Waals surface area contributed by atoms with Crippen LogP contribution in [0.25, 0.3) is 0 Å². The van der Waals surface area contributed by atoms with Crippen LogP contribution in [0.15, 0.2) is 35.2 Å². The van der Waals surface area contributed by atoms with Crippen LogP contribution in [0.2, 0.25) is 0 Å². The third kappa shape index (κ3) is 3.12. The zero-order valence-electron chi connectivity index (χ0n) is 11.3. The van der Waals surface area contributed by atoms with Gasteiger partial charge in [-0.05, 0) is 19.1 Å². The first-order valence-corrected chi connectivity index (χ1v) is 6.99. The van der Waals surface area contributed by atoms with E-state index in [-0.39, 0.29) is 11.9 Å². The van der Waals surface area contributed by atoms with E-state index in [1.165, 1.54) is 0 Å². The zero-order chi connectivity index (χ0) is 13.8. The molecular weight excluding hydrogens is 258 g/mol. The lowest BCUT2D eigenvalue weighted by Gasteiger charge is -2.18. The molecule has 1 aromatic heterocycles. The highest BCUT2D eigenvalue weighted by molar-refractivity contribution is 7.07. The molecule has 1 heterocycles. The molecule has 0 saturated heterocycles. The maximum Gasteiger partial charge on any atom is 0.255 e. The molecule has 2 aromatic rings. The maximum atomic E-state index is 12.1. The van der Waals surface area contributed by atoms with E-state index >= 15 is 0 Å². The molecule has 100 valence electrons. The van der Waals surface area contributed by atoms with Crippen LogP contribution < -0.4 is 5.32 Å². The molecule has 0 aliphatic carbocycles. The zero-order valence-corrected chi connectivity index (χ0v) is 12.1. The number of benzene rings is 1. The standard InChI is InChI=1S/C14H17N3OS/c1-10(13-8-19-9-15-13)16-12-7-5-4-6-11(12)14(18)17(2)3/h4-10,16H,1-3H3. The Kier molecular flexibility index (Phi) is 4.16. The van der Waals surface area contributed by atoms with Crippen LogP contribution in [0.3, 0.4) is 0 Å². The van der Waals surface area contributed by atoms with Crippen LogP contribution in [0.4, 0.5) is 5.69 Å². The molecule has 0 fully saturated rings. The fourth-order valence-corrected chi connectivity index (χ4v) is 2.43. The summed E-state index contributed by atoms with van der Waals surface area (Å²) in [6, 6.07) is 7.61. The molecule has 2 rings (SSSR count). The van der Waals surface area contributed by atoms with Gasteiger partial charge < -0.3 is 10.2 Å².